The minimum atomic E-state index is -0.853. The summed E-state index contributed by atoms with van der Waals surface area (Å²) in [5.41, 5.74) is 0. The van der Waals surface area contributed by atoms with Gasteiger partial charge in [-0.2, -0.15) is 0 Å². The Bertz CT molecular complexity index is 250. The van der Waals surface area contributed by atoms with Crippen LogP contribution in [0.4, 0.5) is 0 Å². The Morgan fingerprint density at radius 3 is 2.31 bits per heavy atom. The van der Waals surface area contributed by atoms with Gasteiger partial charge in [-0.15, -0.1) is 11.8 Å². The monoisotopic (exact) mass is 245 g/mol. The van der Waals surface area contributed by atoms with E-state index in [9.17, 15) is 9.59 Å². The van der Waals surface area contributed by atoms with Crippen LogP contribution < -0.4 is 0 Å². The second-order valence-electron chi connectivity index (χ2n) is 4.09. The molecule has 16 heavy (non-hydrogen) atoms. The minimum Gasteiger partial charge on any atom is -0.480 e. The Kier molecular flexibility index (Phi) is 5.66. The van der Waals surface area contributed by atoms with E-state index in [4.69, 9.17) is 5.11 Å². The molecule has 92 valence electrons. The van der Waals surface area contributed by atoms with Crippen molar-refractivity contribution in [3.05, 3.63) is 0 Å². The Labute approximate surface area is 100 Å². The maximum Gasteiger partial charge on any atom is 0.316 e. The molecule has 0 saturated carbocycles. The molecule has 1 atom stereocenters. The molecule has 0 spiro atoms. The van der Waals surface area contributed by atoms with E-state index in [0.29, 0.717) is 0 Å². The van der Waals surface area contributed by atoms with Gasteiger partial charge in [-0.3, -0.25) is 9.59 Å². The third-order valence-electron chi connectivity index (χ3n) is 2.76. The Balaban J connectivity index is 2.30. The van der Waals surface area contributed by atoms with Crippen LogP contribution in [0, 0.1) is 0 Å². The molecule has 1 rings (SSSR count). The zero-order valence-electron chi connectivity index (χ0n) is 9.65. The van der Waals surface area contributed by atoms with Crippen LogP contribution in [-0.2, 0) is 9.59 Å². The molecule has 1 fully saturated rings. The van der Waals surface area contributed by atoms with Crippen LogP contribution in [0.2, 0.25) is 0 Å². The van der Waals surface area contributed by atoms with Crippen molar-refractivity contribution in [2.45, 2.75) is 37.9 Å². The summed E-state index contributed by atoms with van der Waals surface area (Å²) in [6, 6.07) is 0. The highest BCUT2D eigenvalue weighted by Crippen LogP contribution is 2.14. The molecule has 1 saturated heterocycles. The first-order chi connectivity index (χ1) is 7.61. The van der Waals surface area contributed by atoms with E-state index in [1.807, 2.05) is 4.90 Å². The second kappa shape index (κ2) is 6.78. The van der Waals surface area contributed by atoms with E-state index >= 15 is 0 Å². The van der Waals surface area contributed by atoms with Crippen LogP contribution in [0.15, 0.2) is 0 Å². The van der Waals surface area contributed by atoms with Crippen molar-refractivity contribution in [3.63, 3.8) is 0 Å². The average Bonchev–Trinajstić information content (AvgIpc) is 2.53. The average molecular weight is 245 g/mol. The van der Waals surface area contributed by atoms with Gasteiger partial charge in [0.1, 0.15) is 0 Å². The molecule has 0 radical (unpaired) electrons. The molecule has 5 heteroatoms. The summed E-state index contributed by atoms with van der Waals surface area (Å²) in [7, 11) is 0. The summed E-state index contributed by atoms with van der Waals surface area (Å²) in [5.74, 6) is -0.485. The van der Waals surface area contributed by atoms with E-state index in [1.165, 1.54) is 24.6 Å². The van der Waals surface area contributed by atoms with Gasteiger partial charge in [0.05, 0.1) is 11.0 Å². The Hall–Kier alpha value is -0.710. The topological polar surface area (TPSA) is 57.6 Å². The van der Waals surface area contributed by atoms with Gasteiger partial charge in [0.15, 0.2) is 0 Å². The first-order valence-corrected chi connectivity index (χ1v) is 6.78. The number of nitrogens with zero attached hydrogens (tertiary/aromatic N) is 1. The summed E-state index contributed by atoms with van der Waals surface area (Å²) < 4.78 is 0. The summed E-state index contributed by atoms with van der Waals surface area (Å²) in [6.07, 6.45) is 4.54. The van der Waals surface area contributed by atoms with Crippen LogP contribution >= 0.6 is 11.8 Å². The maximum atomic E-state index is 11.8. The van der Waals surface area contributed by atoms with Gasteiger partial charge in [0.2, 0.25) is 5.91 Å². The lowest BCUT2D eigenvalue weighted by molar-refractivity contribution is -0.136. The zero-order valence-corrected chi connectivity index (χ0v) is 10.5. The van der Waals surface area contributed by atoms with Crippen molar-refractivity contribution >= 4 is 23.6 Å². The second-order valence-corrected chi connectivity index (χ2v) is 5.42. The molecular weight excluding hydrogens is 226 g/mol. The fraction of sp³-hybridized carbons (Fsp3) is 0.818. The number of carboxylic acid groups (broad SMARTS) is 1. The molecule has 1 heterocycles. The van der Waals surface area contributed by atoms with Gasteiger partial charge in [-0.05, 0) is 19.8 Å². The van der Waals surface area contributed by atoms with Crippen molar-refractivity contribution in [1.82, 2.24) is 4.90 Å². The van der Waals surface area contributed by atoms with Crippen LogP contribution in [0.1, 0.15) is 32.6 Å². The van der Waals surface area contributed by atoms with Crippen molar-refractivity contribution in [2.75, 3.05) is 18.8 Å². The molecule has 4 nitrogen and oxygen atoms in total. The van der Waals surface area contributed by atoms with E-state index in [0.717, 1.165) is 25.9 Å². The molecule has 1 amide bonds. The van der Waals surface area contributed by atoms with Gasteiger partial charge in [0, 0.05) is 13.1 Å². The zero-order chi connectivity index (χ0) is 12.0. The molecule has 0 aromatic carbocycles. The van der Waals surface area contributed by atoms with Gasteiger partial charge in [-0.1, -0.05) is 12.8 Å². The van der Waals surface area contributed by atoms with Gasteiger partial charge < -0.3 is 10.0 Å². The highest BCUT2D eigenvalue weighted by Gasteiger charge is 2.18. The largest absolute Gasteiger partial charge is 0.480 e. The first kappa shape index (κ1) is 13.4. The predicted molar refractivity (Wildman–Crippen MR) is 64.6 cm³/mol. The third kappa shape index (κ3) is 4.43. The number of hydrogen-bond acceptors (Lipinski definition) is 3. The van der Waals surface area contributed by atoms with Crippen molar-refractivity contribution in [3.8, 4) is 0 Å². The quantitative estimate of drug-likeness (QED) is 0.817. The standard InChI is InChI=1S/C11H19NO3S/c1-9(11(14)15)16-8-10(13)12-6-4-2-3-5-7-12/h9H,2-8H2,1H3,(H,14,15). The maximum absolute atomic E-state index is 11.8. The number of thioether (sulfide) groups is 1. The summed E-state index contributed by atoms with van der Waals surface area (Å²) in [6.45, 7) is 3.28. The van der Waals surface area contributed by atoms with E-state index in [-0.39, 0.29) is 11.7 Å². The normalized spacial score (nSPS) is 18.9. The van der Waals surface area contributed by atoms with Crippen molar-refractivity contribution in [2.24, 2.45) is 0 Å². The summed E-state index contributed by atoms with van der Waals surface area (Å²) in [5, 5.41) is 8.20. The molecule has 1 aliphatic heterocycles. The number of carbonyl (C=O) groups is 2. The molecule has 1 unspecified atom stereocenters. The number of likely N-dealkylation sites (tertiary alicyclic amines) is 1. The highest BCUT2D eigenvalue weighted by molar-refractivity contribution is 8.01. The number of carboxylic acids is 1. The minimum absolute atomic E-state index is 0.0833. The third-order valence-corrected chi connectivity index (χ3v) is 3.88. The van der Waals surface area contributed by atoms with E-state index in [2.05, 4.69) is 0 Å². The van der Waals surface area contributed by atoms with Crippen LogP contribution in [0.3, 0.4) is 0 Å². The van der Waals surface area contributed by atoms with Crippen LogP contribution in [0.5, 0.6) is 0 Å². The molecule has 0 bridgehead atoms. The molecule has 1 N–H and O–H groups in total. The van der Waals surface area contributed by atoms with Gasteiger partial charge in [0.25, 0.3) is 0 Å². The predicted octanol–water partition coefficient (Wildman–Crippen LogP) is 1.60. The fourth-order valence-electron chi connectivity index (χ4n) is 1.68. The smallest absolute Gasteiger partial charge is 0.316 e. The lowest BCUT2D eigenvalue weighted by Gasteiger charge is -2.20. The van der Waals surface area contributed by atoms with Crippen molar-refractivity contribution < 1.29 is 14.7 Å². The van der Waals surface area contributed by atoms with Crippen LogP contribution in [-0.4, -0.2) is 46.0 Å². The number of carbonyl (C=O) groups excluding carboxylic acids is 1. The van der Waals surface area contributed by atoms with E-state index in [1.54, 1.807) is 6.92 Å². The van der Waals surface area contributed by atoms with E-state index < -0.39 is 11.2 Å². The highest BCUT2D eigenvalue weighted by atomic mass is 32.2. The number of amides is 1. The first-order valence-electron chi connectivity index (χ1n) is 5.73. The van der Waals surface area contributed by atoms with Gasteiger partial charge in [-0.25, -0.2) is 0 Å². The van der Waals surface area contributed by atoms with Crippen LogP contribution in [0.25, 0.3) is 0 Å². The van der Waals surface area contributed by atoms with Gasteiger partial charge >= 0.3 is 5.97 Å². The number of aliphatic carboxylic acids is 1. The molecule has 0 aliphatic carbocycles. The summed E-state index contributed by atoms with van der Waals surface area (Å²) in [4.78, 5) is 24.3. The SMILES string of the molecule is CC(SCC(=O)N1CCCCCC1)C(=O)O. The molecule has 0 aromatic rings. The lowest BCUT2D eigenvalue weighted by Crippen LogP contribution is -2.33. The van der Waals surface area contributed by atoms with Crippen molar-refractivity contribution in [1.29, 1.82) is 0 Å². The summed E-state index contributed by atoms with van der Waals surface area (Å²) >= 11 is 1.20. The molecular formula is C11H19NO3S. The Morgan fingerprint density at radius 1 is 1.25 bits per heavy atom. The number of hydrogen-bond donors (Lipinski definition) is 1. The fourth-order valence-corrected chi connectivity index (χ4v) is 2.40. The molecule has 0 aromatic heterocycles. The molecule has 1 aliphatic rings. The Morgan fingerprint density at radius 2 is 1.81 bits per heavy atom. The number of rotatable bonds is 4. The lowest BCUT2D eigenvalue weighted by atomic mass is 10.2.